The Morgan fingerprint density at radius 3 is 2.00 bits per heavy atom. The van der Waals surface area contributed by atoms with Gasteiger partial charge in [-0.1, -0.05) is 37.7 Å². The molecule has 0 amide bonds. The summed E-state index contributed by atoms with van der Waals surface area (Å²) in [6, 6.07) is 0. The van der Waals surface area contributed by atoms with E-state index in [4.69, 9.17) is 0 Å². The fraction of sp³-hybridized carbons (Fsp3) is 0.769. The third-order valence-electron chi connectivity index (χ3n) is 2.43. The van der Waals surface area contributed by atoms with Gasteiger partial charge < -0.3 is 4.79 Å². The minimum absolute atomic E-state index is 0.746. The average Bonchev–Trinajstić information content (AvgIpc) is 2.15. The Morgan fingerprint density at radius 2 is 1.50 bits per heavy atom. The quantitative estimate of drug-likeness (QED) is 0.290. The van der Waals surface area contributed by atoms with Crippen LogP contribution in [0.1, 0.15) is 64.7 Å². The molecule has 0 spiro atoms. The molecule has 1 nitrogen and oxygen atoms in total. The number of aldehydes is 1. The molecule has 0 fully saturated rings. The number of unbranched alkanes of at least 4 members (excludes halogenated alkanes) is 7. The van der Waals surface area contributed by atoms with Crippen molar-refractivity contribution in [1.82, 2.24) is 0 Å². The molecular weight excluding hydrogens is 172 g/mol. The van der Waals surface area contributed by atoms with Crippen molar-refractivity contribution in [2.24, 2.45) is 0 Å². The van der Waals surface area contributed by atoms with Crippen molar-refractivity contribution in [3.8, 4) is 0 Å². The minimum Gasteiger partial charge on any atom is -0.303 e. The van der Waals surface area contributed by atoms with Crippen LogP contribution in [0.15, 0.2) is 12.2 Å². The molecule has 0 aliphatic carbocycles. The summed E-state index contributed by atoms with van der Waals surface area (Å²) in [4.78, 5) is 10.0. The topological polar surface area (TPSA) is 17.1 Å². The number of hydrogen-bond acceptors (Lipinski definition) is 1. The number of carbonyl (C=O) groups excluding carboxylic acids is 1. The van der Waals surface area contributed by atoms with Crippen LogP contribution in [-0.2, 0) is 4.79 Å². The molecule has 14 heavy (non-hydrogen) atoms. The van der Waals surface area contributed by atoms with Gasteiger partial charge in [-0.3, -0.25) is 0 Å². The Bertz CT molecular complexity index is 149. The molecule has 0 N–H and O–H groups in total. The van der Waals surface area contributed by atoms with E-state index in [0.717, 1.165) is 19.1 Å². The fourth-order valence-corrected chi connectivity index (χ4v) is 1.54. The summed E-state index contributed by atoms with van der Waals surface area (Å²) in [5.41, 5.74) is 1.30. The Morgan fingerprint density at radius 1 is 1.00 bits per heavy atom. The molecule has 0 unspecified atom stereocenters. The molecule has 0 aliphatic heterocycles. The summed E-state index contributed by atoms with van der Waals surface area (Å²) in [5.74, 6) is 0. The number of rotatable bonds is 10. The molecule has 0 aromatic heterocycles. The van der Waals surface area contributed by atoms with Crippen molar-refractivity contribution in [3.05, 3.63) is 12.2 Å². The van der Waals surface area contributed by atoms with Gasteiger partial charge in [-0.05, 0) is 26.2 Å². The van der Waals surface area contributed by atoms with Gasteiger partial charge in [0.15, 0.2) is 0 Å². The largest absolute Gasteiger partial charge is 0.303 e. The zero-order valence-electron chi connectivity index (χ0n) is 9.56. The van der Waals surface area contributed by atoms with E-state index in [-0.39, 0.29) is 0 Å². The van der Waals surface area contributed by atoms with Crippen LogP contribution in [-0.4, -0.2) is 6.29 Å². The van der Waals surface area contributed by atoms with E-state index in [0.29, 0.717) is 0 Å². The van der Waals surface area contributed by atoms with Gasteiger partial charge in [-0.2, -0.15) is 0 Å². The van der Waals surface area contributed by atoms with Crippen LogP contribution in [0.2, 0.25) is 0 Å². The first-order valence-corrected chi connectivity index (χ1v) is 5.85. The lowest BCUT2D eigenvalue weighted by atomic mass is 10.1. The summed E-state index contributed by atoms with van der Waals surface area (Å²) in [6.07, 6.45) is 11.8. The van der Waals surface area contributed by atoms with Crippen LogP contribution >= 0.6 is 0 Å². The second-order valence-corrected chi connectivity index (χ2v) is 4.14. The lowest BCUT2D eigenvalue weighted by Gasteiger charge is -2.01. The lowest BCUT2D eigenvalue weighted by molar-refractivity contribution is -0.107. The van der Waals surface area contributed by atoms with E-state index in [1.54, 1.807) is 0 Å². The molecule has 0 saturated heterocycles. The third kappa shape index (κ3) is 11.4. The van der Waals surface area contributed by atoms with E-state index in [1.807, 2.05) is 0 Å². The molecule has 0 aliphatic rings. The van der Waals surface area contributed by atoms with Crippen molar-refractivity contribution in [1.29, 1.82) is 0 Å². The van der Waals surface area contributed by atoms with Crippen LogP contribution in [0.25, 0.3) is 0 Å². The molecule has 0 bridgehead atoms. The fourth-order valence-electron chi connectivity index (χ4n) is 1.54. The van der Waals surface area contributed by atoms with Gasteiger partial charge in [0.2, 0.25) is 0 Å². The predicted octanol–water partition coefficient (Wildman–Crippen LogP) is 4.27. The van der Waals surface area contributed by atoms with Crippen molar-refractivity contribution in [3.63, 3.8) is 0 Å². The second kappa shape index (κ2) is 10.5. The second-order valence-electron chi connectivity index (χ2n) is 4.14. The predicted molar refractivity (Wildman–Crippen MR) is 62.4 cm³/mol. The number of carbonyl (C=O) groups is 1. The molecule has 0 rings (SSSR count). The molecule has 0 saturated carbocycles. The maximum absolute atomic E-state index is 10.0. The molecule has 1 heteroatoms. The molecule has 82 valence electrons. The lowest BCUT2D eigenvalue weighted by Crippen LogP contribution is -1.82. The van der Waals surface area contributed by atoms with Gasteiger partial charge in [-0.25, -0.2) is 0 Å². The zero-order valence-corrected chi connectivity index (χ0v) is 9.56. The monoisotopic (exact) mass is 196 g/mol. The highest BCUT2D eigenvalue weighted by Gasteiger charge is 1.92. The maximum Gasteiger partial charge on any atom is 0.119 e. The average molecular weight is 196 g/mol. The molecule has 0 atom stereocenters. The number of hydrogen-bond donors (Lipinski definition) is 0. The van der Waals surface area contributed by atoms with E-state index in [2.05, 4.69) is 13.5 Å². The first-order chi connectivity index (χ1) is 6.77. The van der Waals surface area contributed by atoms with Crippen LogP contribution in [0.3, 0.4) is 0 Å². The van der Waals surface area contributed by atoms with Gasteiger partial charge in [0.1, 0.15) is 6.29 Å². The highest BCUT2D eigenvalue weighted by molar-refractivity contribution is 5.48. The van der Waals surface area contributed by atoms with Gasteiger partial charge in [0.25, 0.3) is 0 Å². The van der Waals surface area contributed by atoms with Crippen LogP contribution in [0.4, 0.5) is 0 Å². The maximum atomic E-state index is 10.0. The van der Waals surface area contributed by atoms with E-state index < -0.39 is 0 Å². The van der Waals surface area contributed by atoms with E-state index >= 15 is 0 Å². The molecular formula is C13H24O. The van der Waals surface area contributed by atoms with Crippen molar-refractivity contribution in [2.75, 3.05) is 0 Å². The molecule has 0 heterocycles. The molecule has 0 aromatic carbocycles. The third-order valence-corrected chi connectivity index (χ3v) is 2.43. The van der Waals surface area contributed by atoms with Crippen LogP contribution in [0, 0.1) is 0 Å². The Hall–Kier alpha value is -0.590. The van der Waals surface area contributed by atoms with Gasteiger partial charge in [0.05, 0.1) is 0 Å². The van der Waals surface area contributed by atoms with E-state index in [1.165, 1.54) is 50.5 Å². The standard InChI is InChI=1S/C13H24O/c1-13(2)11-9-7-5-3-4-6-8-10-12-14/h12H,1,3-11H2,2H3. The summed E-state index contributed by atoms with van der Waals surface area (Å²) >= 11 is 0. The SMILES string of the molecule is C=C(C)CCCCCCCCCC=O. The Labute approximate surface area is 88.6 Å². The zero-order chi connectivity index (χ0) is 10.6. The molecule has 0 radical (unpaired) electrons. The van der Waals surface area contributed by atoms with Crippen molar-refractivity contribution < 1.29 is 4.79 Å². The van der Waals surface area contributed by atoms with Gasteiger partial charge >= 0.3 is 0 Å². The smallest absolute Gasteiger partial charge is 0.119 e. The van der Waals surface area contributed by atoms with Gasteiger partial charge in [0, 0.05) is 6.42 Å². The minimum atomic E-state index is 0.746. The summed E-state index contributed by atoms with van der Waals surface area (Å²) in [7, 11) is 0. The van der Waals surface area contributed by atoms with Gasteiger partial charge in [-0.15, -0.1) is 6.58 Å². The van der Waals surface area contributed by atoms with Crippen molar-refractivity contribution in [2.45, 2.75) is 64.7 Å². The van der Waals surface area contributed by atoms with Crippen LogP contribution < -0.4 is 0 Å². The first-order valence-electron chi connectivity index (χ1n) is 5.85. The normalized spacial score (nSPS) is 10.1. The summed E-state index contributed by atoms with van der Waals surface area (Å²) < 4.78 is 0. The Kier molecular flexibility index (Phi) is 10.0. The molecule has 0 aromatic rings. The summed E-state index contributed by atoms with van der Waals surface area (Å²) in [5, 5.41) is 0. The van der Waals surface area contributed by atoms with E-state index in [9.17, 15) is 4.79 Å². The first kappa shape index (κ1) is 13.4. The Balaban J connectivity index is 2.92. The highest BCUT2D eigenvalue weighted by Crippen LogP contribution is 2.11. The summed E-state index contributed by atoms with van der Waals surface area (Å²) in [6.45, 7) is 5.99. The van der Waals surface area contributed by atoms with Crippen molar-refractivity contribution >= 4 is 6.29 Å². The number of allylic oxidation sites excluding steroid dienone is 1. The highest BCUT2D eigenvalue weighted by atomic mass is 16.1. The van der Waals surface area contributed by atoms with Crippen LogP contribution in [0.5, 0.6) is 0 Å².